The van der Waals surface area contributed by atoms with Crippen molar-refractivity contribution < 1.29 is 23.7 Å². The average molecular weight is 275 g/mol. The largest absolute Gasteiger partial charge is 0.385 e. The smallest absolute Gasteiger partial charge is 0.220 e. The molecule has 1 heterocycles. The lowest BCUT2D eigenvalue weighted by molar-refractivity contribution is -0.152. The number of methoxy groups -OCH3 is 1. The van der Waals surface area contributed by atoms with Gasteiger partial charge in [-0.05, 0) is 13.3 Å². The van der Waals surface area contributed by atoms with Crippen LogP contribution in [0.25, 0.3) is 0 Å². The van der Waals surface area contributed by atoms with Crippen molar-refractivity contribution in [1.29, 1.82) is 0 Å². The number of nitrogens with one attached hydrogen (secondary N) is 1. The van der Waals surface area contributed by atoms with Crippen molar-refractivity contribution in [2.75, 3.05) is 46.7 Å². The quantitative estimate of drug-likeness (QED) is 0.594. The fourth-order valence-electron chi connectivity index (χ4n) is 1.80. The molecule has 0 bridgehead atoms. The molecule has 0 saturated carbocycles. The van der Waals surface area contributed by atoms with Gasteiger partial charge in [0.05, 0.1) is 19.8 Å². The minimum atomic E-state index is -0.589. The van der Waals surface area contributed by atoms with Gasteiger partial charge in [0, 0.05) is 39.7 Å². The lowest BCUT2D eigenvalue weighted by Crippen LogP contribution is -2.31. The summed E-state index contributed by atoms with van der Waals surface area (Å²) in [6.07, 6.45) is 1.85. The highest BCUT2D eigenvalue weighted by Gasteiger charge is 2.31. The van der Waals surface area contributed by atoms with E-state index in [0.717, 1.165) is 6.42 Å². The predicted octanol–water partition coefficient (Wildman–Crippen LogP) is 0.699. The van der Waals surface area contributed by atoms with Gasteiger partial charge in [0.2, 0.25) is 5.91 Å². The van der Waals surface area contributed by atoms with E-state index in [4.69, 9.17) is 18.9 Å². The van der Waals surface area contributed by atoms with Crippen LogP contribution in [0, 0.1) is 0 Å². The van der Waals surface area contributed by atoms with Crippen LogP contribution in [0.5, 0.6) is 0 Å². The standard InChI is InChI=1S/C13H25NO5/c1-13(18-10-11-19-13)5-4-12(15)14-6-9-17-8-3-7-16-2/h3-11H2,1-2H3,(H,14,15). The molecule has 1 aliphatic rings. The van der Waals surface area contributed by atoms with E-state index in [-0.39, 0.29) is 5.91 Å². The summed E-state index contributed by atoms with van der Waals surface area (Å²) in [5.41, 5.74) is 0. The monoisotopic (exact) mass is 275 g/mol. The number of rotatable bonds is 10. The van der Waals surface area contributed by atoms with E-state index in [1.54, 1.807) is 7.11 Å². The third-order valence-electron chi connectivity index (χ3n) is 2.91. The van der Waals surface area contributed by atoms with Crippen molar-refractivity contribution in [2.24, 2.45) is 0 Å². The molecule has 0 aromatic carbocycles. The van der Waals surface area contributed by atoms with Gasteiger partial charge in [-0.1, -0.05) is 0 Å². The molecule has 0 spiro atoms. The number of amides is 1. The van der Waals surface area contributed by atoms with E-state index in [9.17, 15) is 4.79 Å². The zero-order valence-corrected chi connectivity index (χ0v) is 11.9. The maximum Gasteiger partial charge on any atom is 0.220 e. The Morgan fingerprint density at radius 1 is 1.26 bits per heavy atom. The molecule has 1 N–H and O–H groups in total. The van der Waals surface area contributed by atoms with Crippen molar-refractivity contribution in [3.05, 3.63) is 0 Å². The molecular weight excluding hydrogens is 250 g/mol. The number of hydrogen-bond acceptors (Lipinski definition) is 5. The van der Waals surface area contributed by atoms with Crippen LogP contribution in [0.3, 0.4) is 0 Å². The molecule has 0 aromatic rings. The Bertz CT molecular complexity index is 253. The lowest BCUT2D eigenvalue weighted by Gasteiger charge is -2.21. The summed E-state index contributed by atoms with van der Waals surface area (Å²) in [4.78, 5) is 11.6. The third kappa shape index (κ3) is 7.47. The Kier molecular flexibility index (Phi) is 7.97. The van der Waals surface area contributed by atoms with Gasteiger partial charge >= 0.3 is 0 Å². The maximum absolute atomic E-state index is 11.6. The highest BCUT2D eigenvalue weighted by Crippen LogP contribution is 2.23. The van der Waals surface area contributed by atoms with Gasteiger partial charge in [-0.3, -0.25) is 4.79 Å². The van der Waals surface area contributed by atoms with Crippen LogP contribution < -0.4 is 5.32 Å². The summed E-state index contributed by atoms with van der Waals surface area (Å²) in [6, 6.07) is 0. The minimum absolute atomic E-state index is 0.000756. The molecule has 1 fully saturated rings. The van der Waals surface area contributed by atoms with Gasteiger partial charge in [0.15, 0.2) is 5.79 Å². The molecule has 0 aromatic heterocycles. The Balaban J connectivity index is 1.93. The average Bonchev–Trinajstić information content (AvgIpc) is 2.83. The van der Waals surface area contributed by atoms with Crippen molar-refractivity contribution in [3.8, 4) is 0 Å². The van der Waals surface area contributed by atoms with E-state index in [2.05, 4.69) is 5.32 Å². The van der Waals surface area contributed by atoms with Crippen LogP contribution in [0.4, 0.5) is 0 Å². The van der Waals surface area contributed by atoms with Crippen molar-refractivity contribution in [3.63, 3.8) is 0 Å². The molecule has 0 unspecified atom stereocenters. The summed E-state index contributed by atoms with van der Waals surface area (Å²) in [5.74, 6) is -0.589. The Labute approximate surface area is 114 Å². The van der Waals surface area contributed by atoms with E-state index >= 15 is 0 Å². The van der Waals surface area contributed by atoms with Gasteiger partial charge in [0.1, 0.15) is 0 Å². The SMILES string of the molecule is COCCCOCCNC(=O)CCC1(C)OCCO1. The molecule has 1 saturated heterocycles. The van der Waals surface area contributed by atoms with E-state index in [0.29, 0.717) is 52.4 Å². The topological polar surface area (TPSA) is 66.0 Å². The summed E-state index contributed by atoms with van der Waals surface area (Å²) in [5, 5.41) is 2.81. The highest BCUT2D eigenvalue weighted by molar-refractivity contribution is 5.75. The first-order valence-electron chi connectivity index (χ1n) is 6.77. The summed E-state index contributed by atoms with van der Waals surface area (Å²) in [6.45, 7) is 5.49. The number of carbonyl (C=O) groups excluding carboxylic acids is 1. The van der Waals surface area contributed by atoms with Gasteiger partial charge in [0.25, 0.3) is 0 Å². The van der Waals surface area contributed by atoms with Crippen molar-refractivity contribution in [1.82, 2.24) is 5.32 Å². The first-order valence-corrected chi connectivity index (χ1v) is 6.77. The van der Waals surface area contributed by atoms with Gasteiger partial charge in [-0.25, -0.2) is 0 Å². The highest BCUT2D eigenvalue weighted by atomic mass is 16.7. The van der Waals surface area contributed by atoms with Gasteiger partial charge in [-0.15, -0.1) is 0 Å². The minimum Gasteiger partial charge on any atom is -0.385 e. The van der Waals surface area contributed by atoms with Gasteiger partial charge in [-0.2, -0.15) is 0 Å². The van der Waals surface area contributed by atoms with Crippen molar-refractivity contribution >= 4 is 5.91 Å². The molecule has 112 valence electrons. The van der Waals surface area contributed by atoms with Crippen molar-refractivity contribution in [2.45, 2.75) is 32.0 Å². The second kappa shape index (κ2) is 9.25. The number of carbonyl (C=O) groups is 1. The first-order chi connectivity index (χ1) is 9.16. The van der Waals surface area contributed by atoms with Crippen LogP contribution in [0.1, 0.15) is 26.2 Å². The Hall–Kier alpha value is -0.690. The summed E-state index contributed by atoms with van der Waals surface area (Å²) >= 11 is 0. The maximum atomic E-state index is 11.6. The molecule has 1 amide bonds. The van der Waals surface area contributed by atoms with E-state index < -0.39 is 5.79 Å². The lowest BCUT2D eigenvalue weighted by atomic mass is 10.1. The molecule has 6 nitrogen and oxygen atoms in total. The molecule has 0 aliphatic carbocycles. The van der Waals surface area contributed by atoms with Gasteiger partial charge < -0.3 is 24.3 Å². The summed E-state index contributed by atoms with van der Waals surface area (Å²) in [7, 11) is 1.67. The fraction of sp³-hybridized carbons (Fsp3) is 0.923. The second-order valence-electron chi connectivity index (χ2n) is 4.64. The fourth-order valence-corrected chi connectivity index (χ4v) is 1.80. The predicted molar refractivity (Wildman–Crippen MR) is 69.9 cm³/mol. The Morgan fingerprint density at radius 2 is 2.00 bits per heavy atom. The molecular formula is C13H25NO5. The van der Waals surface area contributed by atoms with E-state index in [1.807, 2.05) is 6.92 Å². The normalized spacial score (nSPS) is 17.6. The zero-order chi connectivity index (χ0) is 14.0. The van der Waals surface area contributed by atoms with Crippen LogP contribution in [0.2, 0.25) is 0 Å². The molecule has 1 aliphatic heterocycles. The molecule has 19 heavy (non-hydrogen) atoms. The molecule has 0 atom stereocenters. The van der Waals surface area contributed by atoms with E-state index in [1.165, 1.54) is 0 Å². The summed E-state index contributed by atoms with van der Waals surface area (Å²) < 4.78 is 21.1. The zero-order valence-electron chi connectivity index (χ0n) is 11.9. The van der Waals surface area contributed by atoms with Crippen LogP contribution >= 0.6 is 0 Å². The van der Waals surface area contributed by atoms with Crippen LogP contribution in [-0.2, 0) is 23.7 Å². The number of ether oxygens (including phenoxy) is 4. The third-order valence-corrected chi connectivity index (χ3v) is 2.91. The van der Waals surface area contributed by atoms with Crippen LogP contribution in [0.15, 0.2) is 0 Å². The molecule has 0 radical (unpaired) electrons. The van der Waals surface area contributed by atoms with Crippen LogP contribution in [-0.4, -0.2) is 58.4 Å². The number of hydrogen-bond donors (Lipinski definition) is 1. The first kappa shape index (κ1) is 16.4. The molecule has 6 heteroatoms. The second-order valence-corrected chi connectivity index (χ2v) is 4.64. The Morgan fingerprint density at radius 3 is 2.68 bits per heavy atom. The molecule has 1 rings (SSSR count).